The topological polar surface area (TPSA) is 126 Å². The Morgan fingerprint density at radius 3 is 2.84 bits per heavy atom. The Morgan fingerprint density at radius 1 is 1.53 bits per heavy atom. The number of carbonyl (C=O) groups excluding carboxylic acids is 1. The van der Waals surface area contributed by atoms with E-state index in [0.29, 0.717) is 11.3 Å². The van der Waals surface area contributed by atoms with Gasteiger partial charge in [0.1, 0.15) is 12.7 Å². The number of hydrogen-bond donors (Lipinski definition) is 2. The van der Waals surface area contributed by atoms with Gasteiger partial charge in [-0.15, -0.1) is 6.42 Å². The van der Waals surface area contributed by atoms with Gasteiger partial charge in [-0.1, -0.05) is 19.4 Å². The number of nitrogens with zero attached hydrogens (tertiary/aromatic N) is 4. The van der Waals surface area contributed by atoms with E-state index in [1.807, 2.05) is 13.8 Å². The van der Waals surface area contributed by atoms with Gasteiger partial charge in [-0.25, -0.2) is 9.37 Å². The highest BCUT2D eigenvalue weighted by Gasteiger charge is 2.60. The molecule has 1 aliphatic heterocycles. The molecule has 3 N–H and O–H groups in total. The third kappa shape index (κ3) is 4.31. The van der Waals surface area contributed by atoms with Crippen LogP contribution < -0.4 is 11.1 Å². The second kappa shape index (κ2) is 9.00. The second-order valence-corrected chi connectivity index (χ2v) is 7.69. The first-order chi connectivity index (χ1) is 15.1. The zero-order valence-corrected chi connectivity index (χ0v) is 18.5. The van der Waals surface area contributed by atoms with Gasteiger partial charge in [-0.2, -0.15) is 9.97 Å². The van der Waals surface area contributed by atoms with E-state index in [0.717, 1.165) is 6.42 Å². The van der Waals surface area contributed by atoms with Crippen molar-refractivity contribution in [2.45, 2.75) is 64.3 Å². The van der Waals surface area contributed by atoms with E-state index in [9.17, 15) is 4.79 Å². The summed E-state index contributed by atoms with van der Waals surface area (Å²) in [5, 5.41) is 3.21. The molecular weight excluding hydrogens is 419 g/mol. The van der Waals surface area contributed by atoms with Gasteiger partial charge < -0.3 is 25.3 Å². The lowest BCUT2D eigenvalue weighted by Gasteiger charge is -2.27. The predicted octanol–water partition coefficient (Wildman–Crippen LogP) is 2.34. The minimum Gasteiger partial charge on any atom is -0.488 e. The summed E-state index contributed by atoms with van der Waals surface area (Å²) < 4.78 is 34.1. The van der Waals surface area contributed by atoms with Crippen molar-refractivity contribution in [3.8, 4) is 12.3 Å². The minimum atomic E-state index is -2.46. The van der Waals surface area contributed by atoms with Crippen molar-refractivity contribution < 1.29 is 23.4 Å². The van der Waals surface area contributed by atoms with Crippen molar-refractivity contribution in [3.63, 3.8) is 0 Å². The molecule has 5 atom stereocenters. The highest BCUT2D eigenvalue weighted by Crippen LogP contribution is 2.45. The lowest BCUT2D eigenvalue weighted by atomic mass is 9.96. The number of esters is 1. The quantitative estimate of drug-likeness (QED) is 0.357. The van der Waals surface area contributed by atoms with Crippen LogP contribution in [-0.2, 0) is 19.0 Å². The Morgan fingerprint density at radius 2 is 2.25 bits per heavy atom. The smallest absolute Gasteiger partial charge is 0.302 e. The van der Waals surface area contributed by atoms with E-state index in [1.165, 1.54) is 17.8 Å². The van der Waals surface area contributed by atoms with Crippen LogP contribution in [0, 0.1) is 12.3 Å². The number of rotatable bonds is 8. The van der Waals surface area contributed by atoms with Crippen molar-refractivity contribution in [3.05, 3.63) is 18.7 Å². The maximum Gasteiger partial charge on any atom is 0.302 e. The van der Waals surface area contributed by atoms with E-state index in [1.54, 1.807) is 6.92 Å². The molecule has 172 valence electrons. The molecule has 0 spiro atoms. The fourth-order valence-electron chi connectivity index (χ4n) is 3.41. The van der Waals surface area contributed by atoms with Gasteiger partial charge in [0.15, 0.2) is 29.3 Å². The Labute approximate surface area is 185 Å². The molecule has 10 nitrogen and oxygen atoms in total. The molecule has 0 aliphatic carbocycles. The molecule has 32 heavy (non-hydrogen) atoms. The van der Waals surface area contributed by atoms with Crippen LogP contribution >= 0.6 is 0 Å². The Bertz CT molecular complexity index is 1070. The average molecular weight is 446 g/mol. The number of hydrogen-bond acceptors (Lipinski definition) is 9. The van der Waals surface area contributed by atoms with Crippen LogP contribution in [-0.4, -0.2) is 56.0 Å². The summed E-state index contributed by atoms with van der Waals surface area (Å²) in [7, 11) is 0. The van der Waals surface area contributed by atoms with E-state index in [-0.39, 0.29) is 30.0 Å². The van der Waals surface area contributed by atoms with Crippen molar-refractivity contribution in [2.75, 3.05) is 17.7 Å². The number of fused-ring (bicyclic) bond motifs is 1. The summed E-state index contributed by atoms with van der Waals surface area (Å²) in [5.41, 5.74) is 4.05. The summed E-state index contributed by atoms with van der Waals surface area (Å²) in [4.78, 5) is 24.1. The molecule has 0 saturated carbocycles. The summed E-state index contributed by atoms with van der Waals surface area (Å²) in [6.07, 6.45) is 4.12. The molecule has 3 rings (SSSR count). The Balaban J connectivity index is 2.08. The number of alkyl halides is 1. The zero-order chi connectivity index (χ0) is 23.6. The molecule has 5 unspecified atom stereocenters. The number of imidazole rings is 1. The van der Waals surface area contributed by atoms with Crippen molar-refractivity contribution >= 4 is 28.9 Å². The highest BCUT2D eigenvalue weighted by atomic mass is 19.1. The number of aromatic nitrogens is 4. The molecule has 0 bridgehead atoms. The molecule has 2 aromatic rings. The Hall–Kier alpha value is -3.39. The van der Waals surface area contributed by atoms with Gasteiger partial charge in [0, 0.05) is 13.0 Å². The van der Waals surface area contributed by atoms with Gasteiger partial charge in [0.2, 0.25) is 5.95 Å². The van der Waals surface area contributed by atoms with Gasteiger partial charge in [0.05, 0.1) is 12.1 Å². The molecule has 1 aliphatic rings. The molecule has 0 radical (unpaired) electrons. The van der Waals surface area contributed by atoms with Crippen LogP contribution in [0.4, 0.5) is 16.2 Å². The number of ether oxygens (including phenoxy) is 3. The number of nitrogen functional groups attached to an aromatic ring is 1. The molecule has 0 amide bonds. The average Bonchev–Trinajstić information content (AvgIpc) is 3.25. The van der Waals surface area contributed by atoms with Gasteiger partial charge in [-0.05, 0) is 20.3 Å². The fraction of sp³-hybridized carbons (Fsp3) is 0.524. The van der Waals surface area contributed by atoms with E-state index >= 15 is 4.39 Å². The predicted molar refractivity (Wildman–Crippen MR) is 116 cm³/mol. The van der Waals surface area contributed by atoms with Gasteiger partial charge >= 0.3 is 5.97 Å². The van der Waals surface area contributed by atoms with Crippen LogP contribution in [0.15, 0.2) is 18.7 Å². The molecule has 1 fully saturated rings. The lowest BCUT2D eigenvalue weighted by Crippen LogP contribution is -2.44. The fourth-order valence-corrected chi connectivity index (χ4v) is 3.41. The van der Waals surface area contributed by atoms with E-state index in [2.05, 4.69) is 32.8 Å². The third-order valence-corrected chi connectivity index (χ3v) is 5.10. The largest absolute Gasteiger partial charge is 0.488 e. The lowest BCUT2D eigenvalue weighted by molar-refractivity contribution is -0.147. The number of nitrogens with two attached hydrogens (primary N) is 1. The van der Waals surface area contributed by atoms with Crippen LogP contribution in [0.2, 0.25) is 0 Å². The van der Waals surface area contributed by atoms with Crippen LogP contribution in [0.5, 0.6) is 0 Å². The SMILES string of the molecule is C#CC1(F)C(OC(=C)C)C(COC(C)=O)OC1n1cnc2c(NC(C)CC)nc(N)nc21. The van der Waals surface area contributed by atoms with E-state index in [4.69, 9.17) is 26.4 Å². The summed E-state index contributed by atoms with van der Waals surface area (Å²) >= 11 is 0. The molecular formula is C21H27FN6O4. The molecule has 11 heteroatoms. The number of anilines is 2. The standard InChI is InChI=1S/C21H27FN6O4/c1-7-12(5)25-17-15-18(27-20(23)26-17)28(10-24-15)19-21(22,8-2)16(31-11(3)4)14(32-19)9-30-13(6)29/h2,10,12,14,16,19H,3,7,9H2,1,4-6H3,(H3,23,25,26,27). The van der Waals surface area contributed by atoms with Crippen molar-refractivity contribution in [1.29, 1.82) is 0 Å². The van der Waals surface area contributed by atoms with Crippen LogP contribution in [0.3, 0.4) is 0 Å². The van der Waals surface area contributed by atoms with Crippen LogP contribution in [0.1, 0.15) is 40.3 Å². The molecule has 1 saturated heterocycles. The number of terminal acetylenes is 1. The highest BCUT2D eigenvalue weighted by molar-refractivity contribution is 5.84. The molecule has 0 aromatic carbocycles. The van der Waals surface area contributed by atoms with Gasteiger partial charge in [-0.3, -0.25) is 9.36 Å². The number of carbonyl (C=O) groups is 1. The number of nitrogens with one attached hydrogen (secondary N) is 1. The maximum atomic E-state index is 16.3. The minimum absolute atomic E-state index is 0.0283. The number of allylic oxidation sites excluding steroid dienone is 1. The maximum absolute atomic E-state index is 16.3. The first-order valence-corrected chi connectivity index (χ1v) is 10.1. The zero-order valence-electron chi connectivity index (χ0n) is 18.5. The Kier molecular flexibility index (Phi) is 6.55. The number of halogens is 1. The van der Waals surface area contributed by atoms with E-state index < -0.39 is 30.1 Å². The first kappa shape index (κ1) is 23.3. The van der Waals surface area contributed by atoms with Crippen molar-refractivity contribution in [2.24, 2.45) is 0 Å². The third-order valence-electron chi connectivity index (χ3n) is 5.10. The first-order valence-electron chi connectivity index (χ1n) is 10.1. The summed E-state index contributed by atoms with van der Waals surface area (Å²) in [6, 6.07) is 0.0906. The van der Waals surface area contributed by atoms with Crippen molar-refractivity contribution in [1.82, 2.24) is 19.5 Å². The van der Waals surface area contributed by atoms with Gasteiger partial charge in [0.25, 0.3) is 5.67 Å². The second-order valence-electron chi connectivity index (χ2n) is 7.69. The molecule has 3 heterocycles. The summed E-state index contributed by atoms with van der Waals surface area (Å²) in [6.45, 7) is 10.2. The monoisotopic (exact) mass is 446 g/mol. The summed E-state index contributed by atoms with van der Waals surface area (Å²) in [5.74, 6) is 2.21. The van der Waals surface area contributed by atoms with Crippen LogP contribution in [0.25, 0.3) is 11.2 Å². The molecule has 2 aromatic heterocycles. The normalized spacial score (nSPS) is 25.8.